The molecule has 4 nitrogen and oxygen atoms in total. The minimum absolute atomic E-state index is 0.338. The van der Waals surface area contributed by atoms with Crippen LogP contribution in [-0.2, 0) is 0 Å². The Bertz CT molecular complexity index is 452. The molecular formula is C8H8FN3O. The van der Waals surface area contributed by atoms with Crippen molar-refractivity contribution in [3.05, 3.63) is 24.1 Å². The molecule has 0 aliphatic carbocycles. The van der Waals surface area contributed by atoms with E-state index in [4.69, 9.17) is 10.5 Å². The van der Waals surface area contributed by atoms with Crippen LogP contribution in [0, 0.1) is 5.82 Å². The van der Waals surface area contributed by atoms with Crippen molar-refractivity contribution in [2.24, 2.45) is 0 Å². The first-order chi connectivity index (χ1) is 6.22. The smallest absolute Gasteiger partial charge is 0.203 e. The highest BCUT2D eigenvalue weighted by molar-refractivity contribution is 5.51. The van der Waals surface area contributed by atoms with Gasteiger partial charge in [0.1, 0.15) is 17.3 Å². The van der Waals surface area contributed by atoms with Crippen LogP contribution in [0.2, 0.25) is 0 Å². The van der Waals surface area contributed by atoms with Gasteiger partial charge in [-0.3, -0.25) is 0 Å². The van der Waals surface area contributed by atoms with Crippen LogP contribution in [0.15, 0.2) is 18.3 Å². The first-order valence-electron chi connectivity index (χ1n) is 3.69. The van der Waals surface area contributed by atoms with Crippen molar-refractivity contribution in [2.75, 3.05) is 12.8 Å². The normalized spacial score (nSPS) is 10.6. The molecule has 0 spiro atoms. The number of anilines is 1. The van der Waals surface area contributed by atoms with E-state index in [9.17, 15) is 4.39 Å². The van der Waals surface area contributed by atoms with Gasteiger partial charge in [-0.1, -0.05) is 0 Å². The molecule has 0 fully saturated rings. The molecule has 0 amide bonds. The highest BCUT2D eigenvalue weighted by atomic mass is 19.1. The van der Waals surface area contributed by atoms with Gasteiger partial charge in [0.05, 0.1) is 13.3 Å². The quantitative estimate of drug-likeness (QED) is 0.715. The van der Waals surface area contributed by atoms with Crippen LogP contribution in [0.3, 0.4) is 0 Å². The summed E-state index contributed by atoms with van der Waals surface area (Å²) in [6.45, 7) is 0. The SMILES string of the molecule is COc1cc(F)cc2ncc(N)n12. The topological polar surface area (TPSA) is 52.5 Å². The molecule has 0 bridgehead atoms. The summed E-state index contributed by atoms with van der Waals surface area (Å²) < 4.78 is 19.4. The van der Waals surface area contributed by atoms with E-state index in [-0.39, 0.29) is 0 Å². The lowest BCUT2D eigenvalue weighted by Gasteiger charge is -2.04. The predicted molar refractivity (Wildman–Crippen MR) is 46.1 cm³/mol. The summed E-state index contributed by atoms with van der Waals surface area (Å²) in [6.07, 6.45) is 1.46. The van der Waals surface area contributed by atoms with Crippen molar-refractivity contribution < 1.29 is 9.13 Å². The van der Waals surface area contributed by atoms with E-state index in [2.05, 4.69) is 4.98 Å². The molecule has 0 unspecified atom stereocenters. The molecule has 0 aliphatic rings. The van der Waals surface area contributed by atoms with Gasteiger partial charge in [0.15, 0.2) is 0 Å². The monoisotopic (exact) mass is 181 g/mol. The average molecular weight is 181 g/mol. The van der Waals surface area contributed by atoms with E-state index in [1.165, 1.54) is 29.8 Å². The van der Waals surface area contributed by atoms with Gasteiger partial charge in [0.2, 0.25) is 5.88 Å². The standard InChI is InChI=1S/C8H8FN3O/c1-13-8-3-5(9)2-7-11-4-6(10)12(7)8/h2-4H,10H2,1H3. The summed E-state index contributed by atoms with van der Waals surface area (Å²) in [5.41, 5.74) is 6.04. The van der Waals surface area contributed by atoms with E-state index in [1.807, 2.05) is 0 Å². The Balaban J connectivity index is 2.85. The van der Waals surface area contributed by atoms with Gasteiger partial charge < -0.3 is 10.5 Å². The Kier molecular flexibility index (Phi) is 1.58. The third kappa shape index (κ3) is 1.09. The Morgan fingerprint density at radius 1 is 1.54 bits per heavy atom. The van der Waals surface area contributed by atoms with Crippen LogP contribution in [0.25, 0.3) is 5.65 Å². The number of rotatable bonds is 1. The number of methoxy groups -OCH3 is 1. The molecule has 2 rings (SSSR count). The molecule has 0 atom stereocenters. The van der Waals surface area contributed by atoms with E-state index >= 15 is 0 Å². The van der Waals surface area contributed by atoms with Crippen molar-refractivity contribution in [1.82, 2.24) is 9.38 Å². The van der Waals surface area contributed by atoms with Gasteiger partial charge in [0.25, 0.3) is 0 Å². The Morgan fingerprint density at radius 2 is 2.31 bits per heavy atom. The summed E-state index contributed by atoms with van der Waals surface area (Å²) in [5, 5.41) is 0. The number of nitrogen functional groups attached to an aromatic ring is 1. The molecule has 2 heterocycles. The highest BCUT2D eigenvalue weighted by Gasteiger charge is 2.07. The lowest BCUT2D eigenvalue weighted by molar-refractivity contribution is 0.389. The van der Waals surface area contributed by atoms with Gasteiger partial charge in [-0.05, 0) is 0 Å². The van der Waals surface area contributed by atoms with Crippen molar-refractivity contribution in [3.8, 4) is 5.88 Å². The van der Waals surface area contributed by atoms with Crippen LogP contribution in [-0.4, -0.2) is 16.5 Å². The summed E-state index contributed by atoms with van der Waals surface area (Å²) in [4.78, 5) is 3.91. The summed E-state index contributed by atoms with van der Waals surface area (Å²) in [7, 11) is 1.45. The van der Waals surface area contributed by atoms with Gasteiger partial charge in [-0.15, -0.1) is 0 Å². The molecule has 0 aliphatic heterocycles. The Morgan fingerprint density at radius 3 is 3.00 bits per heavy atom. The number of ether oxygens (including phenoxy) is 1. The van der Waals surface area contributed by atoms with Gasteiger partial charge >= 0.3 is 0 Å². The maximum absolute atomic E-state index is 12.9. The van der Waals surface area contributed by atoms with Gasteiger partial charge in [-0.25, -0.2) is 13.8 Å². The second-order valence-electron chi connectivity index (χ2n) is 2.59. The number of nitrogens with two attached hydrogens (primary N) is 1. The number of nitrogens with zero attached hydrogens (tertiary/aromatic N) is 2. The number of pyridine rings is 1. The van der Waals surface area contributed by atoms with Crippen molar-refractivity contribution in [1.29, 1.82) is 0 Å². The molecule has 0 radical (unpaired) electrons. The van der Waals surface area contributed by atoms with E-state index < -0.39 is 5.82 Å². The van der Waals surface area contributed by atoms with Crippen molar-refractivity contribution in [3.63, 3.8) is 0 Å². The Labute approximate surface area is 73.8 Å². The number of hydrogen-bond acceptors (Lipinski definition) is 3. The zero-order valence-corrected chi connectivity index (χ0v) is 6.99. The summed E-state index contributed by atoms with van der Waals surface area (Å²) in [5.74, 6) is 0.367. The minimum atomic E-state index is -0.394. The van der Waals surface area contributed by atoms with Crippen LogP contribution >= 0.6 is 0 Å². The minimum Gasteiger partial charge on any atom is -0.482 e. The fourth-order valence-corrected chi connectivity index (χ4v) is 1.22. The highest BCUT2D eigenvalue weighted by Crippen LogP contribution is 2.19. The fourth-order valence-electron chi connectivity index (χ4n) is 1.22. The summed E-state index contributed by atoms with van der Waals surface area (Å²) >= 11 is 0. The average Bonchev–Trinajstić information content (AvgIpc) is 2.46. The molecular weight excluding hydrogens is 173 g/mol. The van der Waals surface area contributed by atoms with Crippen LogP contribution < -0.4 is 10.5 Å². The number of imidazole rings is 1. The first-order valence-corrected chi connectivity index (χ1v) is 3.69. The van der Waals surface area contributed by atoms with Crippen LogP contribution in [0.4, 0.5) is 10.2 Å². The molecule has 5 heteroatoms. The molecule has 2 aromatic heterocycles. The molecule has 0 saturated heterocycles. The van der Waals surface area contributed by atoms with Crippen molar-refractivity contribution >= 4 is 11.5 Å². The van der Waals surface area contributed by atoms with Gasteiger partial charge in [-0.2, -0.15) is 0 Å². The molecule has 2 N–H and O–H groups in total. The first kappa shape index (κ1) is 7.85. The van der Waals surface area contributed by atoms with E-state index in [1.54, 1.807) is 0 Å². The maximum Gasteiger partial charge on any atom is 0.203 e. The molecule has 13 heavy (non-hydrogen) atoms. The molecule has 0 aromatic carbocycles. The molecule has 2 aromatic rings. The molecule has 0 saturated carbocycles. The van der Waals surface area contributed by atoms with Crippen LogP contribution in [0.5, 0.6) is 5.88 Å². The third-order valence-electron chi connectivity index (χ3n) is 1.77. The second kappa shape index (κ2) is 2.62. The largest absolute Gasteiger partial charge is 0.482 e. The van der Waals surface area contributed by atoms with Crippen molar-refractivity contribution in [2.45, 2.75) is 0 Å². The number of hydrogen-bond donors (Lipinski definition) is 1. The lowest BCUT2D eigenvalue weighted by atomic mass is 10.4. The van der Waals surface area contributed by atoms with Gasteiger partial charge in [0, 0.05) is 12.1 Å². The number of halogens is 1. The van der Waals surface area contributed by atoms with E-state index in [0.29, 0.717) is 17.3 Å². The summed E-state index contributed by atoms with van der Waals surface area (Å²) in [6, 6.07) is 2.55. The zero-order valence-electron chi connectivity index (χ0n) is 6.99. The number of aromatic nitrogens is 2. The maximum atomic E-state index is 12.9. The Hall–Kier alpha value is -1.78. The zero-order chi connectivity index (χ0) is 9.42. The second-order valence-corrected chi connectivity index (χ2v) is 2.59. The molecule has 68 valence electrons. The fraction of sp³-hybridized carbons (Fsp3) is 0.125. The van der Waals surface area contributed by atoms with E-state index in [0.717, 1.165) is 0 Å². The third-order valence-corrected chi connectivity index (χ3v) is 1.77. The predicted octanol–water partition coefficient (Wildman–Crippen LogP) is 1.06. The van der Waals surface area contributed by atoms with Crippen LogP contribution in [0.1, 0.15) is 0 Å². The lowest BCUT2D eigenvalue weighted by Crippen LogP contribution is -1.98. The number of fused-ring (bicyclic) bond motifs is 1.